The SMILES string of the molecule is Cc1ccc(-c2[nH]ncc2CNC(C)CC(O)c2ccco2)o1. The largest absolute Gasteiger partial charge is 0.467 e. The van der Waals surface area contributed by atoms with Gasteiger partial charge in [0.25, 0.3) is 0 Å². The number of aromatic nitrogens is 2. The Balaban J connectivity index is 1.57. The van der Waals surface area contributed by atoms with Crippen molar-refractivity contribution in [1.29, 1.82) is 0 Å². The van der Waals surface area contributed by atoms with E-state index in [2.05, 4.69) is 15.5 Å². The summed E-state index contributed by atoms with van der Waals surface area (Å²) >= 11 is 0. The van der Waals surface area contributed by atoms with Crippen molar-refractivity contribution in [3.8, 4) is 11.5 Å². The molecule has 0 aliphatic carbocycles. The molecule has 0 bridgehead atoms. The fourth-order valence-corrected chi connectivity index (χ4v) is 2.53. The fraction of sp³-hybridized carbons (Fsp3) is 0.353. The van der Waals surface area contributed by atoms with Crippen molar-refractivity contribution in [3.63, 3.8) is 0 Å². The third-order valence-corrected chi connectivity index (χ3v) is 3.79. The average Bonchev–Trinajstić information content (AvgIpc) is 3.26. The Kier molecular flexibility index (Phi) is 4.64. The zero-order valence-electron chi connectivity index (χ0n) is 13.2. The highest BCUT2D eigenvalue weighted by molar-refractivity contribution is 5.56. The second-order valence-corrected chi connectivity index (χ2v) is 5.73. The van der Waals surface area contributed by atoms with E-state index in [-0.39, 0.29) is 6.04 Å². The van der Waals surface area contributed by atoms with Crippen LogP contribution in [0.2, 0.25) is 0 Å². The third-order valence-electron chi connectivity index (χ3n) is 3.79. The summed E-state index contributed by atoms with van der Waals surface area (Å²) < 4.78 is 10.9. The van der Waals surface area contributed by atoms with E-state index in [0.29, 0.717) is 18.7 Å². The van der Waals surface area contributed by atoms with Crippen molar-refractivity contribution in [2.24, 2.45) is 0 Å². The smallest absolute Gasteiger partial charge is 0.152 e. The maximum atomic E-state index is 10.1. The van der Waals surface area contributed by atoms with Crippen molar-refractivity contribution in [1.82, 2.24) is 15.5 Å². The van der Waals surface area contributed by atoms with Gasteiger partial charge in [0.1, 0.15) is 23.3 Å². The first kappa shape index (κ1) is 15.6. The molecule has 0 aromatic carbocycles. The molecule has 3 rings (SSSR count). The number of aliphatic hydroxyl groups excluding tert-OH is 1. The lowest BCUT2D eigenvalue weighted by Crippen LogP contribution is -2.27. The molecule has 0 fully saturated rings. The molecule has 2 unspecified atom stereocenters. The van der Waals surface area contributed by atoms with Crippen LogP contribution in [0, 0.1) is 6.92 Å². The summed E-state index contributed by atoms with van der Waals surface area (Å²) in [5, 5.41) is 20.6. The molecule has 0 spiro atoms. The first-order valence-electron chi connectivity index (χ1n) is 7.67. The number of nitrogens with zero attached hydrogens (tertiary/aromatic N) is 1. The number of rotatable bonds is 7. The Bertz CT molecular complexity index is 730. The van der Waals surface area contributed by atoms with E-state index in [1.54, 1.807) is 24.6 Å². The van der Waals surface area contributed by atoms with Crippen LogP contribution in [0.3, 0.4) is 0 Å². The van der Waals surface area contributed by atoms with E-state index in [9.17, 15) is 5.11 Å². The summed E-state index contributed by atoms with van der Waals surface area (Å²) in [5.41, 5.74) is 1.91. The molecule has 0 amide bonds. The number of hydrogen-bond acceptors (Lipinski definition) is 5. The number of H-pyrrole nitrogens is 1. The van der Waals surface area contributed by atoms with Crippen molar-refractivity contribution in [3.05, 3.63) is 53.8 Å². The Morgan fingerprint density at radius 2 is 2.22 bits per heavy atom. The van der Waals surface area contributed by atoms with Crippen LogP contribution in [0.25, 0.3) is 11.5 Å². The van der Waals surface area contributed by atoms with E-state index in [4.69, 9.17) is 8.83 Å². The molecule has 3 aromatic heterocycles. The molecular weight excluding hydrogens is 294 g/mol. The predicted octanol–water partition coefficient (Wildman–Crippen LogP) is 3.17. The molecule has 23 heavy (non-hydrogen) atoms. The summed E-state index contributed by atoms with van der Waals surface area (Å²) in [6.07, 6.45) is 3.32. The molecule has 3 aromatic rings. The van der Waals surface area contributed by atoms with E-state index in [1.165, 1.54) is 0 Å². The van der Waals surface area contributed by atoms with Gasteiger partial charge in [-0.1, -0.05) is 0 Å². The lowest BCUT2D eigenvalue weighted by molar-refractivity contribution is 0.128. The third kappa shape index (κ3) is 3.72. The summed E-state index contributed by atoms with van der Waals surface area (Å²) in [6, 6.07) is 7.53. The Morgan fingerprint density at radius 1 is 1.35 bits per heavy atom. The standard InChI is InChI=1S/C17H21N3O3/c1-11(8-14(21)15-4-3-7-22-15)18-9-13-10-19-20-17(13)16-6-5-12(2)23-16/h3-7,10-11,14,18,21H,8-9H2,1-2H3,(H,19,20). The monoisotopic (exact) mass is 315 g/mol. The highest BCUT2D eigenvalue weighted by atomic mass is 16.4. The van der Waals surface area contributed by atoms with Crippen LogP contribution in [0.15, 0.2) is 45.6 Å². The molecule has 6 nitrogen and oxygen atoms in total. The van der Waals surface area contributed by atoms with Crippen LogP contribution in [-0.4, -0.2) is 21.3 Å². The van der Waals surface area contributed by atoms with Gasteiger partial charge in [-0.3, -0.25) is 5.10 Å². The zero-order valence-corrected chi connectivity index (χ0v) is 13.2. The van der Waals surface area contributed by atoms with Crippen molar-refractivity contribution < 1.29 is 13.9 Å². The van der Waals surface area contributed by atoms with Gasteiger partial charge in [0.2, 0.25) is 0 Å². The van der Waals surface area contributed by atoms with Gasteiger partial charge in [0, 0.05) is 18.2 Å². The van der Waals surface area contributed by atoms with Gasteiger partial charge < -0.3 is 19.3 Å². The summed E-state index contributed by atoms with van der Waals surface area (Å²) in [5.74, 6) is 2.23. The maximum Gasteiger partial charge on any atom is 0.152 e. The van der Waals surface area contributed by atoms with Gasteiger partial charge in [-0.15, -0.1) is 0 Å². The molecule has 0 aliphatic heterocycles. The topological polar surface area (TPSA) is 87.2 Å². The number of aryl methyl sites for hydroxylation is 1. The molecular formula is C17H21N3O3. The Hall–Kier alpha value is -2.31. The van der Waals surface area contributed by atoms with Crippen LogP contribution in [0.4, 0.5) is 0 Å². The molecule has 2 atom stereocenters. The van der Waals surface area contributed by atoms with Crippen molar-refractivity contribution >= 4 is 0 Å². The highest BCUT2D eigenvalue weighted by Crippen LogP contribution is 2.24. The number of nitrogens with one attached hydrogen (secondary N) is 2. The molecule has 0 radical (unpaired) electrons. The molecule has 0 aliphatic rings. The van der Waals surface area contributed by atoms with Gasteiger partial charge in [0.15, 0.2) is 5.76 Å². The van der Waals surface area contributed by atoms with Gasteiger partial charge in [0.05, 0.1) is 12.5 Å². The van der Waals surface area contributed by atoms with E-state index in [0.717, 1.165) is 22.8 Å². The molecule has 0 saturated carbocycles. The van der Waals surface area contributed by atoms with Crippen LogP contribution < -0.4 is 5.32 Å². The van der Waals surface area contributed by atoms with Crippen molar-refractivity contribution in [2.75, 3.05) is 0 Å². The van der Waals surface area contributed by atoms with Crippen LogP contribution in [0.5, 0.6) is 0 Å². The lowest BCUT2D eigenvalue weighted by atomic mass is 10.1. The first-order valence-corrected chi connectivity index (χ1v) is 7.67. The average molecular weight is 315 g/mol. The minimum atomic E-state index is -0.607. The first-order chi connectivity index (χ1) is 11.1. The quantitative estimate of drug-likeness (QED) is 0.623. The van der Waals surface area contributed by atoms with E-state index >= 15 is 0 Å². The van der Waals surface area contributed by atoms with Crippen LogP contribution in [0.1, 0.15) is 36.5 Å². The Morgan fingerprint density at radius 3 is 2.91 bits per heavy atom. The number of aromatic amines is 1. The van der Waals surface area contributed by atoms with E-state index in [1.807, 2.05) is 26.0 Å². The molecule has 122 valence electrons. The molecule has 0 saturated heterocycles. The van der Waals surface area contributed by atoms with Crippen LogP contribution >= 0.6 is 0 Å². The highest BCUT2D eigenvalue weighted by Gasteiger charge is 2.16. The van der Waals surface area contributed by atoms with Crippen LogP contribution in [-0.2, 0) is 6.54 Å². The number of hydrogen-bond donors (Lipinski definition) is 3. The van der Waals surface area contributed by atoms with Crippen molar-refractivity contribution in [2.45, 2.75) is 39.0 Å². The van der Waals surface area contributed by atoms with Gasteiger partial charge in [-0.05, 0) is 44.5 Å². The minimum absolute atomic E-state index is 0.121. The summed E-state index contributed by atoms with van der Waals surface area (Å²) in [6.45, 7) is 4.58. The maximum absolute atomic E-state index is 10.1. The molecule has 6 heteroatoms. The zero-order chi connectivity index (χ0) is 16.2. The second kappa shape index (κ2) is 6.85. The number of aliphatic hydroxyl groups is 1. The Labute approximate surface area is 134 Å². The normalized spacial score (nSPS) is 14.0. The predicted molar refractivity (Wildman–Crippen MR) is 85.6 cm³/mol. The van der Waals surface area contributed by atoms with E-state index < -0.39 is 6.10 Å². The minimum Gasteiger partial charge on any atom is -0.467 e. The second-order valence-electron chi connectivity index (χ2n) is 5.73. The molecule has 3 N–H and O–H groups in total. The fourth-order valence-electron chi connectivity index (χ4n) is 2.53. The number of furan rings is 2. The lowest BCUT2D eigenvalue weighted by Gasteiger charge is -2.16. The summed E-state index contributed by atoms with van der Waals surface area (Å²) in [7, 11) is 0. The van der Waals surface area contributed by atoms with Gasteiger partial charge in [-0.25, -0.2) is 0 Å². The van der Waals surface area contributed by atoms with Gasteiger partial charge in [-0.2, -0.15) is 5.10 Å². The summed E-state index contributed by atoms with van der Waals surface area (Å²) in [4.78, 5) is 0. The molecule has 3 heterocycles. The van der Waals surface area contributed by atoms with Gasteiger partial charge >= 0.3 is 0 Å².